The Hall–Kier alpha value is -0.785. The molecule has 0 saturated heterocycles. The first-order valence-corrected chi connectivity index (χ1v) is 2.75. The monoisotopic (exact) mass is 120 g/mol. The van der Waals surface area contributed by atoms with Crippen LogP contribution < -0.4 is 0 Å². The Morgan fingerprint density at radius 3 is 2.11 bits per heavy atom. The molecule has 0 spiro atoms. The van der Waals surface area contributed by atoms with E-state index in [1.165, 1.54) is 0 Å². The van der Waals surface area contributed by atoms with E-state index in [1.807, 2.05) is 6.07 Å². The minimum absolute atomic E-state index is 0.525. The van der Waals surface area contributed by atoms with Crippen LogP contribution in [0.4, 0.5) is 4.39 Å². The molecule has 1 aromatic carbocycles. The molecule has 0 heterocycles. The summed E-state index contributed by atoms with van der Waals surface area (Å²) < 4.78 is 12.2. The van der Waals surface area contributed by atoms with Gasteiger partial charge in [0.25, 0.3) is 0 Å². The summed E-state index contributed by atoms with van der Waals surface area (Å²) in [4.78, 5) is 0. The third-order valence-electron chi connectivity index (χ3n) is 1.12. The third kappa shape index (κ3) is 1.56. The summed E-state index contributed by atoms with van der Waals surface area (Å²) in [5, 5.41) is 0. The molecular formula is C7H6BF. The van der Waals surface area contributed by atoms with Crippen LogP contribution in [0.1, 0.15) is 11.6 Å². The van der Waals surface area contributed by atoms with Gasteiger partial charge in [0.1, 0.15) is 7.85 Å². The van der Waals surface area contributed by atoms with Gasteiger partial charge in [-0.05, 0) is 5.56 Å². The lowest BCUT2D eigenvalue weighted by Gasteiger charge is -1.98. The van der Waals surface area contributed by atoms with Crippen molar-refractivity contribution in [3.63, 3.8) is 0 Å². The Morgan fingerprint density at radius 2 is 1.78 bits per heavy atom. The molecule has 0 aliphatic carbocycles. The topological polar surface area (TPSA) is 0 Å². The van der Waals surface area contributed by atoms with Crippen molar-refractivity contribution in [3.8, 4) is 0 Å². The Balaban J connectivity index is 2.85. The number of hydrogen-bond donors (Lipinski definition) is 0. The number of alkyl halides is 1. The Kier molecular flexibility index (Phi) is 1.88. The summed E-state index contributed by atoms with van der Waals surface area (Å²) in [5.74, 6) is 0. The first-order chi connectivity index (χ1) is 4.30. The van der Waals surface area contributed by atoms with Crippen molar-refractivity contribution in [1.82, 2.24) is 0 Å². The second kappa shape index (κ2) is 2.67. The molecule has 0 aromatic heterocycles. The summed E-state index contributed by atoms with van der Waals surface area (Å²) in [6, 6.07) is 8.66. The molecule has 0 bridgehead atoms. The van der Waals surface area contributed by atoms with Gasteiger partial charge in [-0.25, -0.2) is 0 Å². The minimum Gasteiger partial charge on any atom is -0.253 e. The molecule has 0 aliphatic heterocycles. The molecule has 9 heavy (non-hydrogen) atoms. The summed E-state index contributed by atoms with van der Waals surface area (Å²) in [5.41, 5.74) is 0.525. The highest BCUT2D eigenvalue weighted by Crippen LogP contribution is 2.10. The van der Waals surface area contributed by atoms with Gasteiger partial charge in [0.15, 0.2) is 0 Å². The van der Waals surface area contributed by atoms with Gasteiger partial charge < -0.3 is 0 Å². The maximum Gasteiger partial charge on any atom is 0.123 e. The van der Waals surface area contributed by atoms with Crippen LogP contribution in [0.2, 0.25) is 0 Å². The molecule has 0 saturated carbocycles. The molecule has 1 unspecified atom stereocenters. The van der Waals surface area contributed by atoms with Crippen LogP contribution in [-0.2, 0) is 0 Å². The predicted molar refractivity (Wildman–Crippen MR) is 36.0 cm³/mol. The van der Waals surface area contributed by atoms with Crippen molar-refractivity contribution >= 4 is 7.85 Å². The molecule has 2 heteroatoms. The summed E-state index contributed by atoms with van der Waals surface area (Å²) in [6.45, 7) is 0. The molecule has 0 fully saturated rings. The predicted octanol–water partition coefficient (Wildman–Crippen LogP) is 1.82. The number of rotatable bonds is 1. The minimum atomic E-state index is -1.34. The molecule has 0 amide bonds. The highest BCUT2D eigenvalue weighted by Gasteiger charge is 1.97. The van der Waals surface area contributed by atoms with Gasteiger partial charge in [-0.15, -0.1) is 0 Å². The van der Waals surface area contributed by atoms with Gasteiger partial charge in [-0.3, -0.25) is 4.39 Å². The number of hydrogen-bond acceptors (Lipinski definition) is 0. The average molecular weight is 120 g/mol. The van der Waals surface area contributed by atoms with Gasteiger partial charge in [0.2, 0.25) is 0 Å². The largest absolute Gasteiger partial charge is 0.253 e. The summed E-state index contributed by atoms with van der Waals surface area (Å²) in [7, 11) is 4.95. The fourth-order valence-corrected chi connectivity index (χ4v) is 0.637. The molecular weight excluding hydrogens is 114 g/mol. The fraction of sp³-hybridized carbons (Fsp3) is 0.143. The molecule has 1 atom stereocenters. The van der Waals surface area contributed by atoms with Crippen LogP contribution in [0.5, 0.6) is 0 Å². The van der Waals surface area contributed by atoms with Crippen LogP contribution in [-0.4, -0.2) is 7.85 Å². The molecule has 0 N–H and O–H groups in total. The number of halogens is 1. The van der Waals surface area contributed by atoms with Crippen molar-refractivity contribution in [3.05, 3.63) is 35.9 Å². The SMILES string of the molecule is [B]C(F)c1ccccc1. The van der Waals surface area contributed by atoms with Crippen LogP contribution >= 0.6 is 0 Å². The van der Waals surface area contributed by atoms with E-state index in [2.05, 4.69) is 0 Å². The number of benzene rings is 1. The maximum atomic E-state index is 12.2. The zero-order chi connectivity index (χ0) is 6.69. The molecule has 2 radical (unpaired) electrons. The van der Waals surface area contributed by atoms with E-state index in [0.29, 0.717) is 5.56 Å². The van der Waals surface area contributed by atoms with Gasteiger partial charge in [-0.2, -0.15) is 0 Å². The standard InChI is InChI=1S/C7H6BF/c8-7(9)6-4-2-1-3-5-6/h1-5,7H. The average Bonchev–Trinajstić information content (AvgIpc) is 1.90. The van der Waals surface area contributed by atoms with Crippen LogP contribution in [0.3, 0.4) is 0 Å². The van der Waals surface area contributed by atoms with Crippen molar-refractivity contribution < 1.29 is 4.39 Å². The molecule has 1 aromatic rings. The highest BCUT2D eigenvalue weighted by atomic mass is 19.1. The molecule has 0 aliphatic rings. The van der Waals surface area contributed by atoms with E-state index in [1.54, 1.807) is 24.3 Å². The van der Waals surface area contributed by atoms with Gasteiger partial charge in [0, 0.05) is 0 Å². The van der Waals surface area contributed by atoms with Gasteiger partial charge >= 0.3 is 0 Å². The first kappa shape index (κ1) is 6.34. The maximum absolute atomic E-state index is 12.2. The van der Waals surface area contributed by atoms with E-state index in [0.717, 1.165) is 0 Å². The zero-order valence-electron chi connectivity index (χ0n) is 4.92. The second-order valence-corrected chi connectivity index (χ2v) is 1.81. The van der Waals surface area contributed by atoms with E-state index >= 15 is 0 Å². The van der Waals surface area contributed by atoms with Crippen molar-refractivity contribution in [2.24, 2.45) is 0 Å². The fourth-order valence-electron chi connectivity index (χ4n) is 0.637. The lowest BCUT2D eigenvalue weighted by molar-refractivity contribution is 0.459. The van der Waals surface area contributed by atoms with E-state index < -0.39 is 6.07 Å². The Labute approximate surface area is 55.1 Å². The Bertz CT molecular complexity index is 172. The third-order valence-corrected chi connectivity index (χ3v) is 1.12. The summed E-state index contributed by atoms with van der Waals surface area (Å²) >= 11 is 0. The lowest BCUT2D eigenvalue weighted by Crippen LogP contribution is -1.87. The van der Waals surface area contributed by atoms with Gasteiger partial charge in [0.05, 0.1) is 6.07 Å². The second-order valence-electron chi connectivity index (χ2n) is 1.81. The van der Waals surface area contributed by atoms with Crippen molar-refractivity contribution in [2.75, 3.05) is 0 Å². The normalized spacial score (nSPS) is 13.0. The molecule has 44 valence electrons. The van der Waals surface area contributed by atoms with E-state index in [-0.39, 0.29) is 0 Å². The van der Waals surface area contributed by atoms with E-state index in [4.69, 9.17) is 7.85 Å². The van der Waals surface area contributed by atoms with Crippen LogP contribution in [0, 0.1) is 0 Å². The Morgan fingerprint density at radius 1 is 1.22 bits per heavy atom. The quantitative estimate of drug-likeness (QED) is 0.496. The zero-order valence-corrected chi connectivity index (χ0v) is 4.92. The van der Waals surface area contributed by atoms with Crippen molar-refractivity contribution in [2.45, 2.75) is 6.07 Å². The lowest BCUT2D eigenvalue weighted by atomic mass is 9.94. The molecule has 0 nitrogen and oxygen atoms in total. The first-order valence-electron chi connectivity index (χ1n) is 2.75. The van der Waals surface area contributed by atoms with E-state index in [9.17, 15) is 4.39 Å². The van der Waals surface area contributed by atoms with Crippen LogP contribution in [0.25, 0.3) is 0 Å². The summed E-state index contributed by atoms with van der Waals surface area (Å²) in [6.07, 6.45) is -1.34. The smallest absolute Gasteiger partial charge is 0.123 e. The highest BCUT2D eigenvalue weighted by molar-refractivity contribution is 6.11. The van der Waals surface area contributed by atoms with Crippen molar-refractivity contribution in [1.29, 1.82) is 0 Å². The molecule has 1 rings (SSSR count). The van der Waals surface area contributed by atoms with Crippen LogP contribution in [0.15, 0.2) is 30.3 Å². The van der Waals surface area contributed by atoms with Gasteiger partial charge in [-0.1, -0.05) is 30.3 Å².